The Bertz CT molecular complexity index is 899. The highest BCUT2D eigenvalue weighted by molar-refractivity contribution is 5.97. The zero-order valence-electron chi connectivity index (χ0n) is 18.3. The monoisotopic (exact) mass is 420 g/mol. The molecule has 4 rings (SSSR count). The summed E-state index contributed by atoms with van der Waals surface area (Å²) in [5.41, 5.74) is 1.91. The fraction of sp³-hybridized carbons (Fsp3) is 0.462. The molecule has 0 N–H and O–H groups in total. The van der Waals surface area contributed by atoms with Gasteiger partial charge in [-0.2, -0.15) is 0 Å². The lowest BCUT2D eigenvalue weighted by molar-refractivity contribution is -0.134. The molecule has 2 saturated heterocycles. The fourth-order valence-corrected chi connectivity index (χ4v) is 5.10. The van der Waals surface area contributed by atoms with Gasteiger partial charge in [0.25, 0.3) is 5.91 Å². The first kappa shape index (κ1) is 21.4. The molecule has 31 heavy (non-hydrogen) atoms. The minimum absolute atomic E-state index is 0.0507. The van der Waals surface area contributed by atoms with Crippen molar-refractivity contribution >= 4 is 11.8 Å². The van der Waals surface area contributed by atoms with E-state index in [4.69, 9.17) is 4.74 Å². The standard InChI is InChI=1S/C26H32N2O3/c1-31-24-14-6-5-13-22(24)26(30)28-17-8-12-21-19-27(18-16-23(21)28)25(29)15-7-11-20-9-3-2-4-10-20/h2-6,9-10,13-14,21,23H,7-8,11-12,15-19H2,1H3/t21-,23+/m1/s1. The highest BCUT2D eigenvalue weighted by atomic mass is 16.5. The third-order valence-corrected chi connectivity index (χ3v) is 6.72. The summed E-state index contributed by atoms with van der Waals surface area (Å²) in [7, 11) is 1.60. The minimum Gasteiger partial charge on any atom is -0.496 e. The second-order valence-electron chi connectivity index (χ2n) is 8.64. The molecule has 2 heterocycles. The lowest BCUT2D eigenvalue weighted by Gasteiger charge is -2.47. The van der Waals surface area contributed by atoms with Gasteiger partial charge in [-0.25, -0.2) is 0 Å². The molecular weight excluding hydrogens is 388 g/mol. The van der Waals surface area contributed by atoms with Crippen molar-refractivity contribution in [2.24, 2.45) is 5.92 Å². The Balaban J connectivity index is 1.34. The first-order valence-corrected chi connectivity index (χ1v) is 11.4. The van der Waals surface area contributed by atoms with Crippen molar-refractivity contribution in [1.82, 2.24) is 9.80 Å². The van der Waals surface area contributed by atoms with Gasteiger partial charge in [-0.3, -0.25) is 9.59 Å². The van der Waals surface area contributed by atoms with Crippen LogP contribution in [0.4, 0.5) is 0 Å². The van der Waals surface area contributed by atoms with Gasteiger partial charge in [0.15, 0.2) is 0 Å². The number of ether oxygens (including phenoxy) is 1. The lowest BCUT2D eigenvalue weighted by Crippen LogP contribution is -2.56. The smallest absolute Gasteiger partial charge is 0.257 e. The van der Waals surface area contributed by atoms with Crippen LogP contribution in [-0.2, 0) is 11.2 Å². The van der Waals surface area contributed by atoms with Gasteiger partial charge in [-0.05, 0) is 55.7 Å². The highest BCUT2D eigenvalue weighted by Crippen LogP contribution is 2.33. The number of amides is 2. The van der Waals surface area contributed by atoms with Gasteiger partial charge in [0, 0.05) is 32.1 Å². The number of benzene rings is 2. The van der Waals surface area contributed by atoms with Crippen LogP contribution >= 0.6 is 0 Å². The van der Waals surface area contributed by atoms with Crippen molar-refractivity contribution < 1.29 is 14.3 Å². The Labute approximate surface area is 185 Å². The normalized spacial score (nSPS) is 20.8. The summed E-state index contributed by atoms with van der Waals surface area (Å²) in [4.78, 5) is 30.2. The average molecular weight is 421 g/mol. The maximum absolute atomic E-state index is 13.3. The van der Waals surface area contributed by atoms with Crippen LogP contribution in [-0.4, -0.2) is 54.4 Å². The first-order valence-electron chi connectivity index (χ1n) is 11.4. The number of methoxy groups -OCH3 is 1. The van der Waals surface area contributed by atoms with Crippen LogP contribution < -0.4 is 4.74 Å². The van der Waals surface area contributed by atoms with Gasteiger partial charge < -0.3 is 14.5 Å². The molecule has 2 atom stereocenters. The van der Waals surface area contributed by atoms with Crippen molar-refractivity contribution in [2.75, 3.05) is 26.7 Å². The molecule has 2 aliphatic heterocycles. The van der Waals surface area contributed by atoms with Gasteiger partial charge in [-0.15, -0.1) is 0 Å². The van der Waals surface area contributed by atoms with Crippen molar-refractivity contribution in [3.8, 4) is 5.75 Å². The fourth-order valence-electron chi connectivity index (χ4n) is 5.10. The maximum Gasteiger partial charge on any atom is 0.257 e. The number of hydrogen-bond acceptors (Lipinski definition) is 3. The third kappa shape index (κ3) is 4.92. The largest absolute Gasteiger partial charge is 0.496 e. The first-order chi connectivity index (χ1) is 15.2. The van der Waals surface area contributed by atoms with Crippen molar-refractivity contribution in [1.29, 1.82) is 0 Å². The molecule has 0 bridgehead atoms. The molecule has 0 spiro atoms. The summed E-state index contributed by atoms with van der Waals surface area (Å²) < 4.78 is 5.41. The van der Waals surface area contributed by atoms with Gasteiger partial charge >= 0.3 is 0 Å². The molecule has 0 aliphatic carbocycles. The van der Waals surface area contributed by atoms with Crippen LogP contribution in [0.25, 0.3) is 0 Å². The van der Waals surface area contributed by atoms with E-state index in [1.165, 1.54) is 5.56 Å². The van der Waals surface area contributed by atoms with E-state index in [-0.39, 0.29) is 17.9 Å². The summed E-state index contributed by atoms with van der Waals surface area (Å²) in [6.07, 6.45) is 5.33. The van der Waals surface area contributed by atoms with E-state index in [2.05, 4.69) is 12.1 Å². The number of carbonyl (C=O) groups is 2. The van der Waals surface area contributed by atoms with Gasteiger partial charge in [0.1, 0.15) is 5.75 Å². The Morgan fingerprint density at radius 3 is 2.58 bits per heavy atom. The maximum atomic E-state index is 13.3. The number of piperidine rings is 2. The molecule has 2 aromatic carbocycles. The molecule has 5 nitrogen and oxygen atoms in total. The zero-order valence-corrected chi connectivity index (χ0v) is 18.3. The van der Waals surface area contributed by atoms with Crippen LogP contribution in [0.1, 0.15) is 48.0 Å². The molecule has 2 fully saturated rings. The number of hydrogen-bond donors (Lipinski definition) is 0. The Morgan fingerprint density at radius 1 is 1.00 bits per heavy atom. The second-order valence-corrected chi connectivity index (χ2v) is 8.64. The average Bonchev–Trinajstić information content (AvgIpc) is 2.83. The van der Waals surface area contributed by atoms with Crippen LogP contribution in [0, 0.1) is 5.92 Å². The van der Waals surface area contributed by atoms with Crippen molar-refractivity contribution in [3.05, 3.63) is 65.7 Å². The molecule has 0 unspecified atom stereocenters. The quantitative estimate of drug-likeness (QED) is 0.705. The van der Waals surface area contributed by atoms with Crippen LogP contribution in [0.2, 0.25) is 0 Å². The van der Waals surface area contributed by atoms with Gasteiger partial charge in [0.2, 0.25) is 5.91 Å². The van der Waals surface area contributed by atoms with E-state index < -0.39 is 0 Å². The highest BCUT2D eigenvalue weighted by Gasteiger charge is 2.39. The number of aryl methyl sites for hydroxylation is 1. The number of nitrogens with zero attached hydrogens (tertiary/aromatic N) is 2. The SMILES string of the molecule is COc1ccccc1C(=O)N1CCC[C@@H]2CN(C(=O)CCCc3ccccc3)CC[C@@H]21. The number of carbonyl (C=O) groups excluding carboxylic acids is 2. The Kier molecular flexibility index (Phi) is 6.90. The lowest BCUT2D eigenvalue weighted by atomic mass is 9.83. The van der Waals surface area contributed by atoms with Gasteiger partial charge in [-0.1, -0.05) is 42.5 Å². The molecule has 0 aromatic heterocycles. The summed E-state index contributed by atoms with van der Waals surface area (Å²) in [6, 6.07) is 18.0. The molecule has 0 saturated carbocycles. The predicted octanol–water partition coefficient (Wildman–Crippen LogP) is 4.17. The van der Waals surface area contributed by atoms with E-state index >= 15 is 0 Å². The number of likely N-dealkylation sites (tertiary alicyclic amines) is 2. The van der Waals surface area contributed by atoms with Crippen LogP contribution in [0.15, 0.2) is 54.6 Å². The van der Waals surface area contributed by atoms with E-state index in [0.717, 1.165) is 51.7 Å². The molecular formula is C26H32N2O3. The number of para-hydroxylation sites is 1. The third-order valence-electron chi connectivity index (χ3n) is 6.72. The second kappa shape index (κ2) is 9.99. The van der Waals surface area contributed by atoms with Crippen LogP contribution in [0.5, 0.6) is 5.75 Å². The molecule has 2 amide bonds. The molecule has 5 heteroatoms. The molecule has 2 aliphatic rings. The predicted molar refractivity (Wildman–Crippen MR) is 121 cm³/mol. The molecule has 2 aromatic rings. The number of fused-ring (bicyclic) bond motifs is 1. The summed E-state index contributed by atoms with van der Waals surface area (Å²) in [6.45, 7) is 2.29. The Morgan fingerprint density at radius 2 is 1.77 bits per heavy atom. The zero-order chi connectivity index (χ0) is 21.6. The van der Waals surface area contributed by atoms with Crippen molar-refractivity contribution in [3.63, 3.8) is 0 Å². The molecule has 164 valence electrons. The minimum atomic E-state index is 0.0507. The summed E-state index contributed by atoms with van der Waals surface area (Å²) in [5.74, 6) is 1.29. The molecule has 0 radical (unpaired) electrons. The van der Waals surface area contributed by atoms with Crippen molar-refractivity contribution in [2.45, 2.75) is 44.6 Å². The Hall–Kier alpha value is -2.82. The topological polar surface area (TPSA) is 49.9 Å². The van der Waals surface area contributed by atoms with Gasteiger partial charge in [0.05, 0.1) is 12.7 Å². The number of rotatable bonds is 6. The summed E-state index contributed by atoms with van der Waals surface area (Å²) in [5, 5.41) is 0. The van der Waals surface area contributed by atoms with E-state index in [9.17, 15) is 9.59 Å². The van der Waals surface area contributed by atoms with E-state index in [1.54, 1.807) is 7.11 Å². The summed E-state index contributed by atoms with van der Waals surface area (Å²) >= 11 is 0. The van der Waals surface area contributed by atoms with Crippen LogP contribution in [0.3, 0.4) is 0 Å². The van der Waals surface area contributed by atoms with E-state index in [0.29, 0.717) is 23.7 Å². The van der Waals surface area contributed by atoms with E-state index in [1.807, 2.05) is 52.3 Å².